The lowest BCUT2D eigenvalue weighted by Crippen LogP contribution is -2.41. The SMILES string of the molecule is CCNC(=O)CN1CCOCC(C2CCC2)C1. The second-order valence-corrected chi connectivity index (χ2v) is 5.21. The zero-order valence-corrected chi connectivity index (χ0v) is 10.8. The number of likely N-dealkylation sites (N-methyl/N-ethyl adjacent to an activating group) is 1. The van der Waals surface area contributed by atoms with Gasteiger partial charge in [0, 0.05) is 19.6 Å². The summed E-state index contributed by atoms with van der Waals surface area (Å²) in [5.74, 6) is 1.62. The van der Waals surface area contributed by atoms with Crippen molar-refractivity contribution in [1.82, 2.24) is 10.2 Å². The van der Waals surface area contributed by atoms with E-state index in [9.17, 15) is 4.79 Å². The van der Waals surface area contributed by atoms with Gasteiger partial charge in [0.05, 0.1) is 19.8 Å². The molecule has 1 unspecified atom stereocenters. The summed E-state index contributed by atoms with van der Waals surface area (Å²) >= 11 is 0. The monoisotopic (exact) mass is 240 g/mol. The number of ether oxygens (including phenoxy) is 1. The van der Waals surface area contributed by atoms with Crippen LogP contribution in [0.1, 0.15) is 26.2 Å². The number of hydrogen-bond donors (Lipinski definition) is 1. The van der Waals surface area contributed by atoms with Crippen LogP contribution in [0, 0.1) is 11.8 Å². The molecule has 4 nitrogen and oxygen atoms in total. The van der Waals surface area contributed by atoms with Crippen LogP contribution in [0.4, 0.5) is 0 Å². The molecule has 1 amide bonds. The lowest BCUT2D eigenvalue weighted by atomic mass is 9.76. The van der Waals surface area contributed by atoms with Crippen molar-refractivity contribution in [2.24, 2.45) is 11.8 Å². The van der Waals surface area contributed by atoms with E-state index >= 15 is 0 Å². The third-order valence-corrected chi connectivity index (χ3v) is 3.93. The van der Waals surface area contributed by atoms with Crippen molar-refractivity contribution < 1.29 is 9.53 Å². The maximum absolute atomic E-state index is 11.6. The van der Waals surface area contributed by atoms with E-state index in [-0.39, 0.29) is 5.91 Å². The lowest BCUT2D eigenvalue weighted by Gasteiger charge is -2.34. The molecule has 0 aromatic rings. The third-order valence-electron chi connectivity index (χ3n) is 3.93. The van der Waals surface area contributed by atoms with Gasteiger partial charge < -0.3 is 10.1 Å². The summed E-state index contributed by atoms with van der Waals surface area (Å²) in [7, 11) is 0. The van der Waals surface area contributed by atoms with E-state index in [4.69, 9.17) is 4.74 Å². The summed E-state index contributed by atoms with van der Waals surface area (Å²) in [6.07, 6.45) is 4.07. The van der Waals surface area contributed by atoms with Crippen molar-refractivity contribution in [3.63, 3.8) is 0 Å². The predicted octanol–water partition coefficient (Wildman–Crippen LogP) is 0.871. The van der Waals surface area contributed by atoms with Crippen molar-refractivity contribution in [3.05, 3.63) is 0 Å². The molecule has 0 aromatic carbocycles. The molecule has 0 aromatic heterocycles. The second-order valence-electron chi connectivity index (χ2n) is 5.21. The standard InChI is InChI=1S/C13H24N2O2/c1-2-14-13(16)9-15-6-7-17-10-12(8-15)11-4-3-5-11/h11-12H,2-10H2,1H3,(H,14,16). The Morgan fingerprint density at radius 1 is 1.41 bits per heavy atom. The number of amides is 1. The highest BCUT2D eigenvalue weighted by atomic mass is 16.5. The Labute approximate surface area is 104 Å². The molecule has 1 saturated carbocycles. The molecule has 1 aliphatic heterocycles. The van der Waals surface area contributed by atoms with Crippen LogP contribution >= 0.6 is 0 Å². The van der Waals surface area contributed by atoms with Crippen LogP contribution in [0.25, 0.3) is 0 Å². The largest absolute Gasteiger partial charge is 0.380 e. The zero-order chi connectivity index (χ0) is 12.1. The minimum Gasteiger partial charge on any atom is -0.380 e. The predicted molar refractivity (Wildman–Crippen MR) is 66.8 cm³/mol. The van der Waals surface area contributed by atoms with Gasteiger partial charge >= 0.3 is 0 Å². The number of carbonyl (C=O) groups is 1. The molecule has 1 saturated heterocycles. The van der Waals surface area contributed by atoms with E-state index in [1.165, 1.54) is 19.3 Å². The Morgan fingerprint density at radius 2 is 2.24 bits per heavy atom. The van der Waals surface area contributed by atoms with E-state index in [0.717, 1.165) is 38.8 Å². The highest BCUT2D eigenvalue weighted by Gasteiger charge is 2.30. The summed E-state index contributed by atoms with van der Waals surface area (Å²) in [4.78, 5) is 13.8. The Morgan fingerprint density at radius 3 is 2.88 bits per heavy atom. The summed E-state index contributed by atoms with van der Waals surface area (Å²) in [5.41, 5.74) is 0. The molecular weight excluding hydrogens is 216 g/mol. The Bertz CT molecular complexity index is 254. The molecule has 0 spiro atoms. The van der Waals surface area contributed by atoms with Crippen LogP contribution < -0.4 is 5.32 Å². The maximum Gasteiger partial charge on any atom is 0.234 e. The van der Waals surface area contributed by atoms with Gasteiger partial charge in [-0.1, -0.05) is 19.3 Å². The minimum absolute atomic E-state index is 0.141. The number of carbonyl (C=O) groups excluding carboxylic acids is 1. The first-order valence-corrected chi connectivity index (χ1v) is 6.86. The minimum atomic E-state index is 0.141. The van der Waals surface area contributed by atoms with Crippen LogP contribution in [0.5, 0.6) is 0 Å². The fourth-order valence-corrected chi connectivity index (χ4v) is 2.70. The van der Waals surface area contributed by atoms with E-state index in [1.807, 2.05) is 6.92 Å². The first-order chi connectivity index (χ1) is 8.29. The highest BCUT2D eigenvalue weighted by Crippen LogP contribution is 2.34. The molecule has 1 heterocycles. The summed E-state index contributed by atoms with van der Waals surface area (Å²) in [5, 5.41) is 2.86. The topological polar surface area (TPSA) is 41.6 Å². The second kappa shape index (κ2) is 6.36. The molecule has 1 N–H and O–H groups in total. The molecule has 2 fully saturated rings. The van der Waals surface area contributed by atoms with Gasteiger partial charge in [0.15, 0.2) is 0 Å². The molecule has 4 heteroatoms. The van der Waals surface area contributed by atoms with Gasteiger partial charge in [-0.05, 0) is 18.8 Å². The lowest BCUT2D eigenvalue weighted by molar-refractivity contribution is -0.122. The average molecular weight is 240 g/mol. The van der Waals surface area contributed by atoms with Crippen LogP contribution in [0.2, 0.25) is 0 Å². The van der Waals surface area contributed by atoms with Gasteiger partial charge in [-0.25, -0.2) is 0 Å². The molecule has 0 bridgehead atoms. The smallest absolute Gasteiger partial charge is 0.234 e. The normalized spacial score (nSPS) is 27.2. The van der Waals surface area contributed by atoms with E-state index in [0.29, 0.717) is 12.5 Å². The van der Waals surface area contributed by atoms with E-state index in [2.05, 4.69) is 10.2 Å². The molecule has 17 heavy (non-hydrogen) atoms. The van der Waals surface area contributed by atoms with Crippen molar-refractivity contribution in [2.75, 3.05) is 39.4 Å². The maximum atomic E-state index is 11.6. The highest BCUT2D eigenvalue weighted by molar-refractivity contribution is 5.77. The summed E-state index contributed by atoms with van der Waals surface area (Å²) in [6.45, 7) is 6.78. The van der Waals surface area contributed by atoms with Crippen molar-refractivity contribution >= 4 is 5.91 Å². The molecule has 98 valence electrons. The molecule has 0 radical (unpaired) electrons. The van der Waals surface area contributed by atoms with Crippen molar-refractivity contribution in [3.8, 4) is 0 Å². The molecule has 1 atom stereocenters. The fraction of sp³-hybridized carbons (Fsp3) is 0.923. The Balaban J connectivity index is 1.81. The third kappa shape index (κ3) is 3.68. The van der Waals surface area contributed by atoms with Crippen LogP contribution in [0.3, 0.4) is 0 Å². The van der Waals surface area contributed by atoms with Crippen LogP contribution in [-0.4, -0.2) is 50.2 Å². The summed E-state index contributed by atoms with van der Waals surface area (Å²) < 4.78 is 5.66. The first-order valence-electron chi connectivity index (χ1n) is 6.86. The van der Waals surface area contributed by atoms with Crippen LogP contribution in [-0.2, 0) is 9.53 Å². The van der Waals surface area contributed by atoms with Gasteiger partial charge in [-0.2, -0.15) is 0 Å². The van der Waals surface area contributed by atoms with E-state index < -0.39 is 0 Å². The Kier molecular flexibility index (Phi) is 4.80. The molecule has 1 aliphatic carbocycles. The Hall–Kier alpha value is -0.610. The number of nitrogens with zero attached hydrogens (tertiary/aromatic N) is 1. The van der Waals surface area contributed by atoms with Gasteiger partial charge in [-0.15, -0.1) is 0 Å². The van der Waals surface area contributed by atoms with Gasteiger partial charge in [-0.3, -0.25) is 9.69 Å². The summed E-state index contributed by atoms with van der Waals surface area (Å²) in [6, 6.07) is 0. The van der Waals surface area contributed by atoms with Gasteiger partial charge in [0.1, 0.15) is 0 Å². The van der Waals surface area contributed by atoms with Gasteiger partial charge in [0.25, 0.3) is 0 Å². The van der Waals surface area contributed by atoms with Crippen molar-refractivity contribution in [1.29, 1.82) is 0 Å². The van der Waals surface area contributed by atoms with Crippen molar-refractivity contribution in [2.45, 2.75) is 26.2 Å². The first kappa shape index (κ1) is 12.8. The molecule has 2 aliphatic rings. The van der Waals surface area contributed by atoms with E-state index in [1.54, 1.807) is 0 Å². The number of hydrogen-bond acceptors (Lipinski definition) is 3. The number of rotatable bonds is 4. The molecule has 2 rings (SSSR count). The van der Waals surface area contributed by atoms with Crippen LogP contribution in [0.15, 0.2) is 0 Å². The zero-order valence-electron chi connectivity index (χ0n) is 10.8. The average Bonchev–Trinajstić information content (AvgIpc) is 2.41. The number of nitrogens with one attached hydrogen (secondary N) is 1. The fourth-order valence-electron chi connectivity index (χ4n) is 2.70. The molecular formula is C13H24N2O2. The quantitative estimate of drug-likeness (QED) is 0.793. The van der Waals surface area contributed by atoms with Gasteiger partial charge in [0.2, 0.25) is 5.91 Å².